The van der Waals surface area contributed by atoms with Crippen molar-refractivity contribution in [3.05, 3.63) is 0 Å². The van der Waals surface area contributed by atoms with Crippen molar-refractivity contribution in [1.82, 2.24) is 0 Å². The first-order valence-electron chi connectivity index (χ1n) is 5.51. The molecule has 0 unspecified atom stereocenters. The molecule has 0 saturated carbocycles. The summed E-state index contributed by atoms with van der Waals surface area (Å²) in [5.74, 6) is 0. The summed E-state index contributed by atoms with van der Waals surface area (Å²) in [5.41, 5.74) is 11.4. The molecule has 0 atom stereocenters. The van der Waals surface area contributed by atoms with Gasteiger partial charge in [-0.05, 0) is 6.42 Å². The first kappa shape index (κ1) is 32.3. The van der Waals surface area contributed by atoms with E-state index in [-0.39, 0.29) is 19.8 Å². The van der Waals surface area contributed by atoms with Gasteiger partial charge in [0, 0.05) is 5.41 Å². The Labute approximate surface area is 131 Å². The van der Waals surface area contributed by atoms with Crippen LogP contribution in [0.25, 0.3) is 0 Å². The second-order valence-corrected chi connectivity index (χ2v) is 3.34. The summed E-state index contributed by atoms with van der Waals surface area (Å²) in [5, 5.41) is 47.6. The molecular formula is C10H25N3O10. The molecule has 0 aromatic heterocycles. The third-order valence-electron chi connectivity index (χ3n) is 1.76. The van der Waals surface area contributed by atoms with E-state index >= 15 is 0 Å². The first-order chi connectivity index (χ1) is 10.4. The van der Waals surface area contributed by atoms with Gasteiger partial charge >= 0.3 is 18.3 Å². The minimum Gasteiger partial charge on any atom is -0.465 e. The van der Waals surface area contributed by atoms with Crippen LogP contribution >= 0.6 is 0 Å². The molecule has 0 aliphatic rings. The molecule has 12 N–H and O–H groups in total. The second kappa shape index (κ2) is 24.4. The second-order valence-electron chi connectivity index (χ2n) is 3.34. The largest absolute Gasteiger partial charge is 0.465 e. The van der Waals surface area contributed by atoms with Crippen LogP contribution in [0.3, 0.4) is 0 Å². The molecule has 0 aromatic rings. The minimum absolute atomic E-state index is 0.156. The lowest BCUT2D eigenvalue weighted by Crippen LogP contribution is -2.32. The fraction of sp³-hybridized carbons (Fsp3) is 0.600. The summed E-state index contributed by atoms with van der Waals surface area (Å²) in [7, 11) is 0. The first-order valence-corrected chi connectivity index (χ1v) is 5.51. The summed E-state index contributed by atoms with van der Waals surface area (Å²) in [6, 6.07) is 0. The highest BCUT2D eigenvalue weighted by atomic mass is 16.4. The van der Waals surface area contributed by atoms with Crippen molar-refractivity contribution in [2.45, 2.75) is 13.3 Å². The van der Waals surface area contributed by atoms with Crippen molar-refractivity contribution in [3.63, 3.8) is 0 Å². The van der Waals surface area contributed by atoms with E-state index in [0.29, 0.717) is 6.42 Å². The van der Waals surface area contributed by atoms with E-state index in [1.54, 1.807) is 0 Å². The van der Waals surface area contributed by atoms with Crippen LogP contribution in [0.5, 0.6) is 0 Å². The van der Waals surface area contributed by atoms with Crippen molar-refractivity contribution < 1.29 is 49.8 Å². The standard InChI is InChI=1S/C6H14O3.3CH3NO2.CH2O/c1-2-6(3-7,4-8)5-9;3*2-1(3)4;1-2/h7-9H,2-5H2,1H3;3*2H2,(H,3,4);1H2. The number of carbonyl (C=O) groups is 4. The van der Waals surface area contributed by atoms with Crippen LogP contribution in [-0.2, 0) is 4.79 Å². The van der Waals surface area contributed by atoms with Gasteiger partial charge in [0.1, 0.15) is 6.79 Å². The number of primary amides is 3. The van der Waals surface area contributed by atoms with E-state index < -0.39 is 23.7 Å². The van der Waals surface area contributed by atoms with Gasteiger partial charge in [0.05, 0.1) is 19.8 Å². The van der Waals surface area contributed by atoms with E-state index in [0.717, 1.165) is 0 Å². The highest BCUT2D eigenvalue weighted by Gasteiger charge is 2.24. The maximum atomic E-state index is 8.78. The average Bonchev–Trinajstić information content (AvgIpc) is 2.42. The molecule has 0 heterocycles. The monoisotopic (exact) mass is 347 g/mol. The van der Waals surface area contributed by atoms with Crippen molar-refractivity contribution in [2.75, 3.05) is 19.8 Å². The molecule has 3 amide bonds. The molecule has 13 heteroatoms. The Morgan fingerprint density at radius 2 is 0.913 bits per heavy atom. The molecule has 0 aromatic carbocycles. The fourth-order valence-corrected chi connectivity index (χ4v) is 0.485. The SMILES string of the molecule is C=O.CCC(CO)(CO)CO.NC(=O)O.NC(=O)O.NC(=O)O. The van der Waals surface area contributed by atoms with E-state index in [2.05, 4.69) is 17.2 Å². The van der Waals surface area contributed by atoms with Crippen LogP contribution in [0.1, 0.15) is 13.3 Å². The molecule has 0 fully saturated rings. The predicted octanol–water partition coefficient (Wildman–Crippen LogP) is -1.96. The molecule has 13 nitrogen and oxygen atoms in total. The zero-order valence-corrected chi connectivity index (χ0v) is 12.6. The van der Waals surface area contributed by atoms with Gasteiger partial charge in [-0.2, -0.15) is 0 Å². The number of amides is 3. The quantitative estimate of drug-likeness (QED) is 0.271. The molecule has 0 spiro atoms. The van der Waals surface area contributed by atoms with Gasteiger partial charge in [-0.1, -0.05) is 6.92 Å². The molecule has 0 saturated heterocycles. The third kappa shape index (κ3) is 66.6. The maximum absolute atomic E-state index is 8.78. The van der Waals surface area contributed by atoms with Crippen LogP contribution < -0.4 is 17.2 Å². The van der Waals surface area contributed by atoms with Gasteiger partial charge in [0.15, 0.2) is 0 Å². The van der Waals surface area contributed by atoms with E-state index in [1.807, 2.05) is 13.7 Å². The Kier molecular flexibility index (Phi) is 34.3. The topological polar surface area (TPSA) is 268 Å². The smallest absolute Gasteiger partial charge is 0.402 e. The minimum atomic E-state index is -1.33. The Morgan fingerprint density at radius 3 is 0.913 bits per heavy atom. The van der Waals surface area contributed by atoms with Crippen LogP contribution in [0.15, 0.2) is 0 Å². The molecule has 0 aliphatic carbocycles. The van der Waals surface area contributed by atoms with Crippen molar-refractivity contribution >= 4 is 25.1 Å². The Hall–Kier alpha value is -2.64. The summed E-state index contributed by atoms with van der Waals surface area (Å²) in [6.07, 6.45) is -3.41. The number of nitrogens with two attached hydrogens (primary N) is 3. The summed E-state index contributed by atoms with van der Waals surface area (Å²) in [6.45, 7) is 3.35. The number of rotatable bonds is 4. The average molecular weight is 347 g/mol. The van der Waals surface area contributed by atoms with Gasteiger partial charge in [-0.25, -0.2) is 14.4 Å². The molecule has 140 valence electrons. The lowest BCUT2D eigenvalue weighted by Gasteiger charge is -2.24. The fourth-order valence-electron chi connectivity index (χ4n) is 0.485. The molecule has 0 aliphatic heterocycles. The lowest BCUT2D eigenvalue weighted by molar-refractivity contribution is -0.0980. The van der Waals surface area contributed by atoms with E-state index in [9.17, 15) is 0 Å². The number of hydrogen-bond acceptors (Lipinski definition) is 7. The normalized spacial score (nSPS) is 8.00. The summed E-state index contributed by atoms with van der Waals surface area (Å²) >= 11 is 0. The Morgan fingerprint density at radius 1 is 0.783 bits per heavy atom. The van der Waals surface area contributed by atoms with Gasteiger partial charge in [-0.15, -0.1) is 0 Å². The highest BCUT2D eigenvalue weighted by molar-refractivity contribution is 5.62. The summed E-state index contributed by atoms with van der Waals surface area (Å²) < 4.78 is 0. The Bertz CT molecular complexity index is 239. The van der Waals surface area contributed by atoms with Crippen molar-refractivity contribution in [2.24, 2.45) is 22.6 Å². The van der Waals surface area contributed by atoms with Gasteiger partial charge in [0.2, 0.25) is 0 Å². The molecule has 0 rings (SSSR count). The maximum Gasteiger partial charge on any atom is 0.402 e. The van der Waals surface area contributed by atoms with Gasteiger partial charge in [-0.3, -0.25) is 0 Å². The van der Waals surface area contributed by atoms with Gasteiger partial charge in [0.25, 0.3) is 0 Å². The van der Waals surface area contributed by atoms with Crippen LogP contribution in [0.4, 0.5) is 14.4 Å². The number of carboxylic acid groups (broad SMARTS) is 3. The zero-order valence-electron chi connectivity index (χ0n) is 12.6. The zero-order chi connectivity index (χ0) is 20.1. The van der Waals surface area contributed by atoms with Crippen molar-refractivity contribution in [1.29, 1.82) is 0 Å². The van der Waals surface area contributed by atoms with Crippen LogP contribution in [0.2, 0.25) is 0 Å². The number of aliphatic hydroxyl groups excluding tert-OH is 3. The molecule has 0 radical (unpaired) electrons. The number of hydrogen-bond donors (Lipinski definition) is 9. The van der Waals surface area contributed by atoms with Crippen molar-refractivity contribution in [3.8, 4) is 0 Å². The van der Waals surface area contributed by atoms with E-state index in [1.165, 1.54) is 0 Å². The number of aliphatic hydroxyl groups is 3. The third-order valence-corrected chi connectivity index (χ3v) is 1.76. The molecule has 23 heavy (non-hydrogen) atoms. The molecule has 0 bridgehead atoms. The van der Waals surface area contributed by atoms with E-state index in [4.69, 9.17) is 49.8 Å². The lowest BCUT2D eigenvalue weighted by atomic mass is 9.88. The molecular weight excluding hydrogens is 322 g/mol. The van der Waals surface area contributed by atoms with Gasteiger partial charge < -0.3 is 52.6 Å². The predicted molar refractivity (Wildman–Crippen MR) is 77.7 cm³/mol. The number of carbonyl (C=O) groups excluding carboxylic acids is 1. The Balaban J connectivity index is -0.0000000656. The van der Waals surface area contributed by atoms with Crippen LogP contribution in [0, 0.1) is 5.41 Å². The highest BCUT2D eigenvalue weighted by Crippen LogP contribution is 2.18. The van der Waals surface area contributed by atoms with Crippen LogP contribution in [-0.4, -0.2) is 75.5 Å². The summed E-state index contributed by atoms with van der Waals surface area (Å²) in [4.78, 5) is 34.3.